The van der Waals surface area contributed by atoms with Gasteiger partial charge in [0.2, 0.25) is 5.91 Å². The highest BCUT2D eigenvalue weighted by atomic mass is 16.5. The van der Waals surface area contributed by atoms with Crippen LogP contribution in [0.4, 0.5) is 10.5 Å². The van der Waals surface area contributed by atoms with Crippen molar-refractivity contribution in [3.63, 3.8) is 0 Å². The minimum Gasteiger partial charge on any atom is -0.383 e. The van der Waals surface area contributed by atoms with E-state index in [0.717, 1.165) is 26.2 Å². The van der Waals surface area contributed by atoms with Gasteiger partial charge in [-0.1, -0.05) is 18.2 Å². The van der Waals surface area contributed by atoms with Crippen molar-refractivity contribution < 1.29 is 14.3 Å². The van der Waals surface area contributed by atoms with Crippen LogP contribution in [0.2, 0.25) is 0 Å². The van der Waals surface area contributed by atoms with Gasteiger partial charge in [0.05, 0.1) is 13.2 Å². The summed E-state index contributed by atoms with van der Waals surface area (Å²) in [5.41, 5.74) is 2.51. The average molecular weight is 334 g/mol. The highest BCUT2D eigenvalue weighted by Crippen LogP contribution is 2.20. The van der Waals surface area contributed by atoms with Crippen molar-refractivity contribution in [1.29, 1.82) is 0 Å². The zero-order valence-electron chi connectivity index (χ0n) is 14.4. The van der Waals surface area contributed by atoms with Gasteiger partial charge in [0.15, 0.2) is 0 Å². The summed E-state index contributed by atoms with van der Waals surface area (Å²) in [4.78, 5) is 27.8. The molecule has 2 N–H and O–H groups in total. The summed E-state index contributed by atoms with van der Waals surface area (Å²) in [5, 5.41) is 4.90. The van der Waals surface area contributed by atoms with Crippen LogP contribution in [0.15, 0.2) is 24.3 Å². The van der Waals surface area contributed by atoms with E-state index in [2.05, 4.69) is 39.5 Å². The van der Waals surface area contributed by atoms with E-state index >= 15 is 0 Å². The topological polar surface area (TPSA) is 73.9 Å². The molecule has 7 nitrogen and oxygen atoms in total. The highest BCUT2D eigenvalue weighted by Gasteiger charge is 2.20. The van der Waals surface area contributed by atoms with Gasteiger partial charge in [-0.25, -0.2) is 4.79 Å². The van der Waals surface area contributed by atoms with Crippen LogP contribution >= 0.6 is 0 Å². The minimum atomic E-state index is -0.476. The molecule has 7 heteroatoms. The largest absolute Gasteiger partial charge is 0.383 e. The Morgan fingerprint density at radius 2 is 1.88 bits per heavy atom. The van der Waals surface area contributed by atoms with E-state index in [1.165, 1.54) is 11.3 Å². The first-order valence-electron chi connectivity index (χ1n) is 8.19. The number of aryl methyl sites for hydroxylation is 1. The summed E-state index contributed by atoms with van der Waals surface area (Å²) in [6.45, 7) is 6.49. The van der Waals surface area contributed by atoms with Gasteiger partial charge >= 0.3 is 6.03 Å². The number of hydrogen-bond donors (Lipinski definition) is 2. The number of amides is 3. The Balaban J connectivity index is 1.72. The number of ether oxygens (including phenoxy) is 1. The van der Waals surface area contributed by atoms with Crippen LogP contribution in [0.3, 0.4) is 0 Å². The van der Waals surface area contributed by atoms with Crippen LogP contribution in [0.5, 0.6) is 0 Å². The molecule has 0 aliphatic carbocycles. The number of benzene rings is 1. The molecule has 132 valence electrons. The second kappa shape index (κ2) is 9.24. The Labute approximate surface area is 142 Å². The van der Waals surface area contributed by atoms with Crippen LogP contribution in [-0.4, -0.2) is 69.8 Å². The number of methoxy groups -OCH3 is 1. The van der Waals surface area contributed by atoms with E-state index in [-0.39, 0.29) is 12.5 Å². The van der Waals surface area contributed by atoms with Gasteiger partial charge in [-0.3, -0.25) is 15.0 Å². The van der Waals surface area contributed by atoms with E-state index in [0.29, 0.717) is 13.2 Å². The van der Waals surface area contributed by atoms with E-state index in [1.54, 1.807) is 7.11 Å². The first-order valence-corrected chi connectivity index (χ1v) is 8.19. The molecule has 1 aromatic carbocycles. The van der Waals surface area contributed by atoms with Crippen LogP contribution in [0.25, 0.3) is 0 Å². The standard InChI is InChI=1S/C17H26N4O3/c1-14-5-3-4-6-15(14)21-10-8-20(9-11-21)13-16(22)19-17(23)18-7-12-24-2/h3-6H,7-13H2,1-2H3,(H2,18,19,22,23). The summed E-state index contributed by atoms with van der Waals surface area (Å²) >= 11 is 0. The Hall–Kier alpha value is -2.12. The lowest BCUT2D eigenvalue weighted by Crippen LogP contribution is -2.51. The molecule has 1 aromatic rings. The summed E-state index contributed by atoms with van der Waals surface area (Å²) in [5.74, 6) is -0.283. The first-order chi connectivity index (χ1) is 11.6. The van der Waals surface area contributed by atoms with Crippen molar-refractivity contribution in [2.24, 2.45) is 0 Å². The molecule has 1 fully saturated rings. The van der Waals surface area contributed by atoms with Gasteiger partial charge in [0, 0.05) is 45.5 Å². The lowest BCUT2D eigenvalue weighted by atomic mass is 10.1. The average Bonchev–Trinajstić information content (AvgIpc) is 2.56. The number of para-hydroxylation sites is 1. The predicted molar refractivity (Wildman–Crippen MR) is 93.2 cm³/mol. The zero-order chi connectivity index (χ0) is 17.4. The number of imide groups is 1. The fourth-order valence-corrected chi connectivity index (χ4v) is 2.75. The maximum Gasteiger partial charge on any atom is 0.321 e. The molecule has 3 amide bonds. The molecule has 0 unspecified atom stereocenters. The quantitative estimate of drug-likeness (QED) is 0.745. The van der Waals surface area contributed by atoms with Gasteiger partial charge in [0.1, 0.15) is 0 Å². The monoisotopic (exact) mass is 334 g/mol. The Morgan fingerprint density at radius 3 is 2.54 bits per heavy atom. The van der Waals surface area contributed by atoms with E-state index < -0.39 is 6.03 Å². The molecule has 1 heterocycles. The van der Waals surface area contributed by atoms with Crippen LogP contribution in [0.1, 0.15) is 5.56 Å². The van der Waals surface area contributed by atoms with Crippen molar-refractivity contribution in [1.82, 2.24) is 15.5 Å². The van der Waals surface area contributed by atoms with Gasteiger partial charge in [-0.05, 0) is 18.6 Å². The molecule has 0 saturated carbocycles. The molecule has 1 saturated heterocycles. The molecule has 0 spiro atoms. The lowest BCUT2D eigenvalue weighted by molar-refractivity contribution is -0.121. The van der Waals surface area contributed by atoms with Crippen molar-refractivity contribution in [3.8, 4) is 0 Å². The third-order valence-electron chi connectivity index (χ3n) is 4.04. The number of urea groups is 1. The van der Waals surface area contributed by atoms with Gasteiger partial charge in [0.25, 0.3) is 0 Å². The zero-order valence-corrected chi connectivity index (χ0v) is 14.4. The molecule has 1 aliphatic rings. The SMILES string of the molecule is COCCNC(=O)NC(=O)CN1CCN(c2ccccc2C)CC1. The van der Waals surface area contributed by atoms with E-state index in [4.69, 9.17) is 4.74 Å². The maximum absolute atomic E-state index is 11.9. The Morgan fingerprint density at radius 1 is 1.17 bits per heavy atom. The summed E-state index contributed by atoms with van der Waals surface area (Å²) < 4.78 is 4.83. The second-order valence-corrected chi connectivity index (χ2v) is 5.85. The Bertz CT molecular complexity index is 557. The van der Waals surface area contributed by atoms with Crippen molar-refractivity contribution >= 4 is 17.6 Å². The number of hydrogen-bond acceptors (Lipinski definition) is 5. The highest BCUT2D eigenvalue weighted by molar-refractivity contribution is 5.95. The summed E-state index contributed by atoms with van der Waals surface area (Å²) in [7, 11) is 1.56. The predicted octanol–water partition coefficient (Wildman–Crippen LogP) is 0.589. The van der Waals surface area contributed by atoms with Crippen LogP contribution in [0, 0.1) is 6.92 Å². The molecule has 0 bridgehead atoms. The number of piperazine rings is 1. The summed E-state index contributed by atoms with van der Waals surface area (Å²) in [6.07, 6.45) is 0. The third kappa shape index (κ3) is 5.50. The maximum atomic E-state index is 11.9. The number of carbonyl (C=O) groups is 2. The van der Waals surface area contributed by atoms with E-state index in [1.807, 2.05) is 12.1 Å². The van der Waals surface area contributed by atoms with Crippen molar-refractivity contribution in [2.45, 2.75) is 6.92 Å². The normalized spacial score (nSPS) is 15.2. The molecular formula is C17H26N4O3. The number of rotatable bonds is 6. The third-order valence-corrected chi connectivity index (χ3v) is 4.04. The van der Waals surface area contributed by atoms with Crippen molar-refractivity contribution in [3.05, 3.63) is 29.8 Å². The van der Waals surface area contributed by atoms with Crippen LogP contribution in [-0.2, 0) is 9.53 Å². The number of nitrogens with one attached hydrogen (secondary N) is 2. The molecule has 0 radical (unpaired) electrons. The fourth-order valence-electron chi connectivity index (χ4n) is 2.75. The minimum absolute atomic E-state index is 0.235. The molecule has 0 atom stereocenters. The Kier molecular flexibility index (Phi) is 7.02. The second-order valence-electron chi connectivity index (χ2n) is 5.85. The number of carbonyl (C=O) groups excluding carboxylic acids is 2. The summed E-state index contributed by atoms with van der Waals surface area (Å²) in [6, 6.07) is 7.84. The first kappa shape index (κ1) is 18.2. The fraction of sp³-hybridized carbons (Fsp3) is 0.529. The molecule has 1 aliphatic heterocycles. The molecule has 2 rings (SSSR count). The van der Waals surface area contributed by atoms with E-state index in [9.17, 15) is 9.59 Å². The number of nitrogens with zero attached hydrogens (tertiary/aromatic N) is 2. The van der Waals surface area contributed by atoms with Crippen LogP contribution < -0.4 is 15.5 Å². The van der Waals surface area contributed by atoms with Crippen molar-refractivity contribution in [2.75, 3.05) is 57.9 Å². The number of anilines is 1. The van der Waals surface area contributed by atoms with Gasteiger partial charge in [-0.15, -0.1) is 0 Å². The molecular weight excluding hydrogens is 308 g/mol. The molecule has 0 aromatic heterocycles. The molecule has 24 heavy (non-hydrogen) atoms. The lowest BCUT2D eigenvalue weighted by Gasteiger charge is -2.36. The van der Waals surface area contributed by atoms with Gasteiger partial charge < -0.3 is 15.0 Å². The smallest absolute Gasteiger partial charge is 0.321 e. The van der Waals surface area contributed by atoms with Gasteiger partial charge in [-0.2, -0.15) is 0 Å².